The van der Waals surface area contributed by atoms with E-state index in [9.17, 15) is 4.79 Å². The number of carbonyl (C=O) groups is 1. The van der Waals surface area contributed by atoms with Crippen molar-refractivity contribution in [1.82, 2.24) is 0 Å². The summed E-state index contributed by atoms with van der Waals surface area (Å²) in [7, 11) is 3.10. The van der Waals surface area contributed by atoms with Crippen LogP contribution in [0.1, 0.15) is 13.8 Å². The number of methoxy groups -OCH3 is 2. The fourth-order valence-electron chi connectivity index (χ4n) is 1.46. The molecule has 14 heavy (non-hydrogen) atoms. The number of Topliss-reactive ketones (excluding diaryl/α,β-unsaturated/α-hetero) is 1. The molecule has 0 fully saturated rings. The van der Waals surface area contributed by atoms with E-state index in [1.54, 1.807) is 27.2 Å². The molecule has 0 aromatic heterocycles. The summed E-state index contributed by atoms with van der Waals surface area (Å²) >= 11 is 3.20. The van der Waals surface area contributed by atoms with Crippen molar-refractivity contribution in [1.29, 1.82) is 0 Å². The molecule has 1 aliphatic rings. The molecule has 0 radical (unpaired) electrons. The number of allylic oxidation sites excluding steroid dienone is 2. The third kappa shape index (κ3) is 1.58. The van der Waals surface area contributed by atoms with Gasteiger partial charge in [-0.2, -0.15) is 0 Å². The maximum absolute atomic E-state index is 11.6. The number of halogens is 1. The van der Waals surface area contributed by atoms with Crippen LogP contribution in [0, 0.1) is 0 Å². The summed E-state index contributed by atoms with van der Waals surface area (Å²) in [6, 6.07) is 0. The van der Waals surface area contributed by atoms with Crippen molar-refractivity contribution in [2.24, 2.45) is 0 Å². The molecule has 0 saturated heterocycles. The Labute approximate surface area is 91.9 Å². The molecular formula is C10H13BrO3. The molecule has 3 nitrogen and oxygen atoms in total. The van der Waals surface area contributed by atoms with Gasteiger partial charge in [-0.15, -0.1) is 0 Å². The highest BCUT2D eigenvalue weighted by Crippen LogP contribution is 2.34. The van der Waals surface area contributed by atoms with Gasteiger partial charge in [0, 0.05) is 19.8 Å². The van der Waals surface area contributed by atoms with Crippen LogP contribution in [0.15, 0.2) is 21.7 Å². The van der Waals surface area contributed by atoms with Gasteiger partial charge in [-0.1, -0.05) is 0 Å². The van der Waals surface area contributed by atoms with E-state index in [1.165, 1.54) is 0 Å². The molecule has 0 spiro atoms. The van der Waals surface area contributed by atoms with Gasteiger partial charge in [0.2, 0.25) is 5.79 Å². The highest BCUT2D eigenvalue weighted by Gasteiger charge is 2.37. The third-order valence-electron chi connectivity index (χ3n) is 2.57. The van der Waals surface area contributed by atoms with Gasteiger partial charge in [-0.05, 0) is 41.4 Å². The van der Waals surface area contributed by atoms with Gasteiger partial charge in [0.05, 0.1) is 4.48 Å². The molecule has 1 rings (SSSR count). The highest BCUT2D eigenvalue weighted by molar-refractivity contribution is 9.12. The van der Waals surface area contributed by atoms with Crippen LogP contribution in [0.25, 0.3) is 0 Å². The number of ether oxygens (including phenoxy) is 2. The lowest BCUT2D eigenvalue weighted by Crippen LogP contribution is -2.37. The normalized spacial score (nSPS) is 21.2. The third-order valence-corrected chi connectivity index (χ3v) is 3.15. The van der Waals surface area contributed by atoms with E-state index in [0.29, 0.717) is 10.1 Å². The van der Waals surface area contributed by atoms with E-state index in [1.807, 2.05) is 6.92 Å². The Kier molecular flexibility index (Phi) is 3.29. The van der Waals surface area contributed by atoms with E-state index in [2.05, 4.69) is 15.9 Å². The van der Waals surface area contributed by atoms with Crippen LogP contribution in [0.5, 0.6) is 0 Å². The Balaban J connectivity index is 3.28. The van der Waals surface area contributed by atoms with Crippen LogP contribution < -0.4 is 0 Å². The van der Waals surface area contributed by atoms with E-state index < -0.39 is 5.79 Å². The first-order valence-corrected chi connectivity index (χ1v) is 4.99. The first-order valence-electron chi connectivity index (χ1n) is 4.20. The van der Waals surface area contributed by atoms with Crippen LogP contribution in [0.3, 0.4) is 0 Å². The summed E-state index contributed by atoms with van der Waals surface area (Å²) in [4.78, 5) is 11.6. The summed E-state index contributed by atoms with van der Waals surface area (Å²) in [6.45, 7) is 3.59. The minimum Gasteiger partial charge on any atom is -0.346 e. The molecule has 0 saturated carbocycles. The minimum atomic E-state index is -0.906. The average Bonchev–Trinajstić information content (AvgIpc) is 2.21. The first-order chi connectivity index (χ1) is 6.48. The Bertz CT molecular complexity index is 324. The second-order valence-corrected chi connectivity index (χ2v) is 4.00. The first kappa shape index (κ1) is 11.6. The predicted octanol–water partition coefficient (Wildman–Crippen LogP) is 2.17. The van der Waals surface area contributed by atoms with Crippen molar-refractivity contribution in [2.45, 2.75) is 19.6 Å². The fourth-order valence-corrected chi connectivity index (χ4v) is 2.06. The van der Waals surface area contributed by atoms with E-state index >= 15 is 0 Å². The maximum atomic E-state index is 11.6. The van der Waals surface area contributed by atoms with Crippen LogP contribution in [-0.4, -0.2) is 25.8 Å². The molecule has 0 aliphatic heterocycles. The Hall–Kier alpha value is -0.450. The number of carbonyl (C=O) groups excluding carboxylic acids is 1. The smallest absolute Gasteiger partial charge is 0.212 e. The van der Waals surface area contributed by atoms with Crippen LogP contribution in [0.2, 0.25) is 0 Å². The molecule has 78 valence electrons. The molecule has 0 aromatic carbocycles. The lowest BCUT2D eigenvalue weighted by Gasteiger charge is -2.32. The average molecular weight is 261 g/mol. The summed E-state index contributed by atoms with van der Waals surface area (Å²) in [6.07, 6.45) is 1.64. The van der Waals surface area contributed by atoms with Crippen LogP contribution >= 0.6 is 15.9 Å². The molecule has 1 aliphatic carbocycles. The number of hydrogen-bond donors (Lipinski definition) is 0. The second kappa shape index (κ2) is 3.96. The fraction of sp³-hybridized carbons (Fsp3) is 0.500. The quantitative estimate of drug-likeness (QED) is 0.714. The van der Waals surface area contributed by atoms with Gasteiger partial charge >= 0.3 is 0 Å². The van der Waals surface area contributed by atoms with Gasteiger partial charge in [0.1, 0.15) is 0 Å². The molecule has 4 heteroatoms. The number of ketones is 1. The van der Waals surface area contributed by atoms with Crippen molar-refractivity contribution in [3.63, 3.8) is 0 Å². The van der Waals surface area contributed by atoms with Crippen molar-refractivity contribution in [2.75, 3.05) is 14.2 Å². The molecule has 0 amide bonds. The van der Waals surface area contributed by atoms with Crippen molar-refractivity contribution >= 4 is 21.7 Å². The Morgan fingerprint density at radius 2 is 1.79 bits per heavy atom. The lowest BCUT2D eigenvalue weighted by molar-refractivity contribution is -0.145. The zero-order valence-electron chi connectivity index (χ0n) is 8.68. The number of hydrogen-bond acceptors (Lipinski definition) is 3. The van der Waals surface area contributed by atoms with Gasteiger partial charge < -0.3 is 9.47 Å². The summed E-state index contributed by atoms with van der Waals surface area (Å²) in [5.74, 6) is -0.927. The minimum absolute atomic E-state index is 0.0211. The number of rotatable bonds is 2. The Morgan fingerprint density at radius 1 is 1.29 bits per heavy atom. The van der Waals surface area contributed by atoms with E-state index in [0.717, 1.165) is 5.57 Å². The molecule has 0 heterocycles. The summed E-state index contributed by atoms with van der Waals surface area (Å²) in [5, 5.41) is 0. The molecule has 0 N–H and O–H groups in total. The summed E-state index contributed by atoms with van der Waals surface area (Å²) in [5.41, 5.74) is 1.44. The van der Waals surface area contributed by atoms with Crippen LogP contribution in [0.4, 0.5) is 0 Å². The van der Waals surface area contributed by atoms with Gasteiger partial charge in [0.25, 0.3) is 0 Å². The standard InChI is InChI=1S/C10H13BrO3/c1-6-7(2)10(13-3,14-4)5-8(11)9(6)12/h5H,1-4H3. The van der Waals surface area contributed by atoms with E-state index in [4.69, 9.17) is 9.47 Å². The van der Waals surface area contributed by atoms with Crippen molar-refractivity contribution in [3.05, 3.63) is 21.7 Å². The predicted molar refractivity (Wildman–Crippen MR) is 57.1 cm³/mol. The van der Waals surface area contributed by atoms with Gasteiger partial charge in [0.15, 0.2) is 5.78 Å². The lowest BCUT2D eigenvalue weighted by atomic mass is 9.93. The highest BCUT2D eigenvalue weighted by atomic mass is 79.9. The zero-order chi connectivity index (χ0) is 10.9. The van der Waals surface area contributed by atoms with Crippen molar-refractivity contribution < 1.29 is 14.3 Å². The van der Waals surface area contributed by atoms with Gasteiger partial charge in [-0.3, -0.25) is 4.79 Å². The molecule has 0 unspecified atom stereocenters. The topological polar surface area (TPSA) is 35.5 Å². The molecule has 0 aromatic rings. The zero-order valence-corrected chi connectivity index (χ0v) is 10.3. The molecule has 0 atom stereocenters. The van der Waals surface area contributed by atoms with E-state index in [-0.39, 0.29) is 5.78 Å². The monoisotopic (exact) mass is 260 g/mol. The Morgan fingerprint density at radius 3 is 2.21 bits per heavy atom. The summed E-state index contributed by atoms with van der Waals surface area (Å²) < 4.78 is 11.1. The van der Waals surface area contributed by atoms with Crippen molar-refractivity contribution in [3.8, 4) is 0 Å². The SMILES string of the molecule is COC1(OC)C=C(Br)C(=O)C(C)=C1C. The van der Waals surface area contributed by atoms with Gasteiger partial charge in [-0.25, -0.2) is 0 Å². The largest absolute Gasteiger partial charge is 0.346 e. The molecular weight excluding hydrogens is 248 g/mol. The maximum Gasteiger partial charge on any atom is 0.212 e. The second-order valence-electron chi connectivity index (χ2n) is 3.15. The molecule has 0 bridgehead atoms. The van der Waals surface area contributed by atoms with Crippen LogP contribution in [-0.2, 0) is 14.3 Å².